The van der Waals surface area contributed by atoms with E-state index in [1.807, 2.05) is 13.8 Å². The van der Waals surface area contributed by atoms with Crippen LogP contribution in [0, 0.1) is 5.92 Å². The van der Waals surface area contributed by atoms with Crippen molar-refractivity contribution in [3.63, 3.8) is 0 Å². The minimum atomic E-state index is -1.72. The Morgan fingerprint density at radius 3 is 2.06 bits per heavy atom. The van der Waals surface area contributed by atoms with Gasteiger partial charge in [0, 0.05) is 80.7 Å². The Bertz CT molecular complexity index is 3070. The van der Waals surface area contributed by atoms with Crippen molar-refractivity contribution in [3.05, 3.63) is 84.1 Å². The van der Waals surface area contributed by atoms with E-state index in [1.54, 1.807) is 30.5 Å². The molecule has 0 spiro atoms. The maximum Gasteiger partial charge on any atom is 0.245 e. The lowest BCUT2D eigenvalue weighted by Crippen LogP contribution is -2.60. The van der Waals surface area contributed by atoms with Gasteiger partial charge in [0.25, 0.3) is 0 Å². The molecule has 2 aliphatic heterocycles. The van der Waals surface area contributed by atoms with E-state index in [9.17, 15) is 63.0 Å². The third-order valence-corrected chi connectivity index (χ3v) is 14.3. The van der Waals surface area contributed by atoms with Crippen molar-refractivity contribution in [2.45, 2.75) is 133 Å². The van der Waals surface area contributed by atoms with Gasteiger partial charge in [-0.15, -0.1) is 0 Å². The second kappa shape index (κ2) is 31.9. The van der Waals surface area contributed by atoms with Gasteiger partial charge in [0.15, 0.2) is 5.96 Å². The normalized spacial score (nSPS) is 16.7. The molecule has 0 radical (unpaired) electrons. The zero-order chi connectivity index (χ0) is 62.5. The van der Waals surface area contributed by atoms with Gasteiger partial charge in [0.05, 0.1) is 19.5 Å². The summed E-state index contributed by atoms with van der Waals surface area (Å²) in [6.07, 6.45) is 5.10. The first-order valence-corrected chi connectivity index (χ1v) is 28.3. The van der Waals surface area contributed by atoms with E-state index in [4.69, 9.17) is 17.2 Å². The van der Waals surface area contributed by atoms with Crippen molar-refractivity contribution in [1.29, 1.82) is 0 Å². The second-order valence-corrected chi connectivity index (χ2v) is 21.5. The standard InChI is InChI=1S/C56H77N17O13/c1-30(2)21-39(50(81)68-38(9-5-18-62-56(58)59)55(86)73-20-6-10-44(73)54(85)64-27-45(57)76)67-47(78)17-19-61-48(79)40(22-31-11-13-34(75)14-12-31)69-53(84)43(28-74)72-51(82)41(23-32-25-63-36-8-4-3-7-35(32)36)70-52(83)42(24-33-26-60-29-65-33)71-49(80)37-15-16-46(77)66-37/h3-4,7-8,11-14,25-26,29-30,37-44,63,74-75H,5-6,9-10,15-24,27-28H2,1-2H3,(H2,57,76)(H,60,65)(H,61,79)(H,64,85)(H,66,77)(H,67,78)(H,68,81)(H,69,84)(H,70,83)(H,71,80)(H,72,82)(H4,58,59,62)/t37-,38-,39-,40-,41-,42-,43-,44-/m0/s1. The van der Waals surface area contributed by atoms with Crippen LogP contribution in [0.25, 0.3) is 10.9 Å². The number of nitrogens with one attached hydrogen (secondary N) is 11. The Hall–Kier alpha value is -9.61. The molecule has 4 aromatic rings. The molecule has 86 heavy (non-hydrogen) atoms. The maximum atomic E-state index is 14.4. The fourth-order valence-electron chi connectivity index (χ4n) is 9.95. The van der Waals surface area contributed by atoms with Crippen molar-refractivity contribution in [2.75, 3.05) is 32.8 Å². The van der Waals surface area contributed by atoms with Crippen molar-refractivity contribution >= 4 is 81.8 Å². The molecule has 2 aliphatic rings. The number of aliphatic imine (C=N–C) groups is 1. The van der Waals surface area contributed by atoms with Gasteiger partial charge in [0.1, 0.15) is 54.1 Å². The van der Waals surface area contributed by atoms with Crippen LogP contribution in [0.4, 0.5) is 0 Å². The summed E-state index contributed by atoms with van der Waals surface area (Å²) in [7, 11) is 0. The number of phenolic OH excluding ortho intramolecular Hbond substituents is 1. The first-order valence-electron chi connectivity index (χ1n) is 28.3. The van der Waals surface area contributed by atoms with Crippen LogP contribution in [0.2, 0.25) is 0 Å². The van der Waals surface area contributed by atoms with Gasteiger partial charge < -0.3 is 90.1 Å². The highest BCUT2D eigenvalue weighted by Gasteiger charge is 2.39. The topological polar surface area (TPSA) is 475 Å². The largest absolute Gasteiger partial charge is 0.508 e. The molecule has 11 amide bonds. The molecule has 30 nitrogen and oxygen atoms in total. The Labute approximate surface area is 494 Å². The monoisotopic (exact) mass is 1200 g/mol. The first-order chi connectivity index (χ1) is 41.1. The molecular weight excluding hydrogens is 1120 g/mol. The lowest BCUT2D eigenvalue weighted by atomic mass is 10.0. The number of primary amides is 1. The minimum absolute atomic E-state index is 0.0423. The number of likely N-dealkylation sites (tertiary alicyclic amines) is 1. The van der Waals surface area contributed by atoms with Gasteiger partial charge in [-0.3, -0.25) is 57.7 Å². The third kappa shape index (κ3) is 19.8. The van der Waals surface area contributed by atoms with Crippen LogP contribution in [-0.4, -0.2) is 182 Å². The van der Waals surface area contributed by atoms with Crippen LogP contribution in [0.5, 0.6) is 5.75 Å². The van der Waals surface area contributed by atoms with Crippen molar-refractivity contribution in [1.82, 2.24) is 67.7 Å². The number of rotatable bonds is 32. The molecule has 6 rings (SSSR count). The van der Waals surface area contributed by atoms with Gasteiger partial charge in [-0.25, -0.2) is 4.98 Å². The van der Waals surface area contributed by atoms with Gasteiger partial charge in [-0.2, -0.15) is 0 Å². The summed E-state index contributed by atoms with van der Waals surface area (Å²) >= 11 is 0. The maximum absolute atomic E-state index is 14.4. The number of aromatic nitrogens is 3. The molecule has 2 fully saturated rings. The van der Waals surface area contributed by atoms with Crippen LogP contribution in [0.3, 0.4) is 0 Å². The smallest absolute Gasteiger partial charge is 0.245 e. The number of H-pyrrole nitrogens is 2. The number of para-hydroxylation sites is 1. The number of carbonyl (C=O) groups is 11. The molecular formula is C56H77N17O13. The van der Waals surface area contributed by atoms with Crippen LogP contribution in [0.15, 0.2) is 72.2 Å². The summed E-state index contributed by atoms with van der Waals surface area (Å²) < 4.78 is 0. The van der Waals surface area contributed by atoms with Gasteiger partial charge >= 0.3 is 0 Å². The molecule has 30 heteroatoms. The van der Waals surface area contributed by atoms with Crippen molar-refractivity contribution < 1.29 is 63.0 Å². The average Bonchev–Trinajstić information content (AvgIpc) is 3.65. The van der Waals surface area contributed by atoms with E-state index in [0.717, 1.165) is 5.52 Å². The molecule has 0 unspecified atom stereocenters. The van der Waals surface area contributed by atoms with E-state index in [2.05, 4.69) is 67.8 Å². The number of guanidine groups is 1. The quantitative estimate of drug-likeness (QED) is 0.0126. The SMILES string of the molecule is CC(C)C[C@H](NC(=O)CCNC(=O)[C@H](Cc1ccc(O)cc1)NC(=O)[C@H](CO)NC(=O)[C@H](Cc1c[nH]c2ccccc12)NC(=O)[C@H](Cc1cnc[nH]1)NC(=O)[C@@H]1CCC(=O)N1)C(=O)N[C@@H](CCCN=C(N)N)C(=O)N1CCC[C@H]1C(=O)NCC(N)=O. The number of hydrogen-bond donors (Lipinski definition) is 16. The first kappa shape index (κ1) is 65.5. The predicted octanol–water partition coefficient (Wildman–Crippen LogP) is -4.00. The van der Waals surface area contributed by atoms with Crippen molar-refractivity contribution in [3.8, 4) is 5.75 Å². The summed E-state index contributed by atoms with van der Waals surface area (Å²) in [5.41, 5.74) is 18.4. The number of aliphatic hydroxyl groups excluding tert-OH is 1. The number of nitrogens with two attached hydrogens (primary N) is 3. The van der Waals surface area contributed by atoms with E-state index in [0.29, 0.717) is 35.0 Å². The number of phenols is 1. The van der Waals surface area contributed by atoms with E-state index >= 15 is 0 Å². The Morgan fingerprint density at radius 1 is 0.744 bits per heavy atom. The zero-order valence-corrected chi connectivity index (χ0v) is 47.8. The van der Waals surface area contributed by atoms with Gasteiger partial charge in [-0.05, 0) is 73.8 Å². The number of aromatic hydroxyl groups is 1. The number of hydrogen-bond acceptors (Lipinski definition) is 15. The Balaban J connectivity index is 1.13. The lowest BCUT2D eigenvalue weighted by molar-refractivity contribution is -0.142. The van der Waals surface area contributed by atoms with E-state index in [-0.39, 0.29) is 101 Å². The summed E-state index contributed by atoms with van der Waals surface area (Å²) in [5.74, 6) is -8.31. The minimum Gasteiger partial charge on any atom is -0.508 e. The molecule has 0 aliphatic carbocycles. The number of imidazole rings is 1. The highest BCUT2D eigenvalue weighted by atomic mass is 16.3. The summed E-state index contributed by atoms with van der Waals surface area (Å²) in [6.45, 7) is 2.17. The molecule has 0 bridgehead atoms. The summed E-state index contributed by atoms with van der Waals surface area (Å²) in [4.78, 5) is 164. The number of aromatic amines is 2. The molecule has 2 saturated heterocycles. The van der Waals surface area contributed by atoms with Crippen molar-refractivity contribution in [2.24, 2.45) is 28.1 Å². The molecule has 4 heterocycles. The average molecular weight is 1200 g/mol. The van der Waals surface area contributed by atoms with Crippen LogP contribution < -0.4 is 65.1 Å². The fraction of sp³-hybridized carbons (Fsp3) is 0.482. The molecule has 8 atom stereocenters. The number of aliphatic hydroxyl groups is 1. The van der Waals surface area contributed by atoms with Crippen LogP contribution in [-0.2, 0) is 72.0 Å². The highest BCUT2D eigenvalue weighted by Crippen LogP contribution is 2.22. The van der Waals surface area contributed by atoms with Gasteiger partial charge in [-0.1, -0.05) is 44.2 Å². The molecule has 464 valence electrons. The fourth-order valence-corrected chi connectivity index (χ4v) is 9.95. The third-order valence-electron chi connectivity index (χ3n) is 14.3. The predicted molar refractivity (Wildman–Crippen MR) is 310 cm³/mol. The molecule has 2 aromatic heterocycles. The van der Waals surface area contributed by atoms with E-state index in [1.165, 1.54) is 41.7 Å². The Morgan fingerprint density at radius 2 is 1.41 bits per heavy atom. The number of nitrogens with zero attached hydrogens (tertiary/aromatic N) is 3. The zero-order valence-electron chi connectivity index (χ0n) is 47.8. The van der Waals surface area contributed by atoms with E-state index < -0.39 is 121 Å². The lowest BCUT2D eigenvalue weighted by Gasteiger charge is -2.30. The number of fused-ring (bicyclic) bond motifs is 1. The van der Waals surface area contributed by atoms with Crippen LogP contribution in [0.1, 0.15) is 82.0 Å². The molecule has 19 N–H and O–H groups in total. The van der Waals surface area contributed by atoms with Gasteiger partial charge in [0.2, 0.25) is 65.0 Å². The summed E-state index contributed by atoms with van der Waals surface area (Å²) in [5, 5.41) is 44.8. The number of amides is 11. The highest BCUT2D eigenvalue weighted by molar-refractivity contribution is 5.99. The molecule has 2 aromatic carbocycles. The number of carbonyl (C=O) groups excluding carboxylic acids is 11. The second-order valence-electron chi connectivity index (χ2n) is 21.5. The summed E-state index contributed by atoms with van der Waals surface area (Å²) in [6, 6.07) is 2.78. The molecule has 0 saturated carbocycles. The Kier molecular flexibility index (Phi) is 24.3. The van der Waals surface area contributed by atoms with Crippen LogP contribution >= 0.6 is 0 Å². The number of benzene rings is 2.